The van der Waals surface area contributed by atoms with Crippen molar-refractivity contribution in [2.75, 3.05) is 26.3 Å². The molecule has 2 fully saturated rings. The zero-order chi connectivity index (χ0) is 15.2. The van der Waals surface area contributed by atoms with E-state index in [0.717, 1.165) is 31.9 Å². The zero-order valence-electron chi connectivity index (χ0n) is 13.9. The summed E-state index contributed by atoms with van der Waals surface area (Å²) >= 11 is 0. The predicted molar refractivity (Wildman–Crippen MR) is 87.2 cm³/mol. The molecular weight excluding hydrogens is 274 g/mol. The maximum Gasteiger partial charge on any atom is 0.127 e. The fourth-order valence-electron chi connectivity index (χ4n) is 4.44. The maximum absolute atomic E-state index is 6.22. The lowest BCUT2D eigenvalue weighted by Gasteiger charge is -2.33. The molecule has 4 rings (SSSR count). The molecule has 0 N–H and O–H groups in total. The Labute approximate surface area is 133 Å². The quantitative estimate of drug-likeness (QED) is 0.835. The lowest BCUT2D eigenvalue weighted by atomic mass is 9.82. The minimum absolute atomic E-state index is 0.0537. The molecule has 0 bridgehead atoms. The van der Waals surface area contributed by atoms with Crippen LogP contribution in [-0.4, -0.2) is 36.8 Å². The van der Waals surface area contributed by atoms with Crippen molar-refractivity contribution >= 4 is 0 Å². The van der Waals surface area contributed by atoms with Gasteiger partial charge in [-0.25, -0.2) is 0 Å². The van der Waals surface area contributed by atoms with Crippen molar-refractivity contribution in [2.45, 2.75) is 51.7 Å². The SMILES string of the molecule is CC1(C)Cc2cccc(CN3CCC4(CCCOC4)C3)c2O1. The molecule has 3 aliphatic heterocycles. The average Bonchev–Trinajstić information content (AvgIpc) is 3.00. The third-order valence-electron chi connectivity index (χ3n) is 5.49. The number of para-hydroxylation sites is 1. The van der Waals surface area contributed by atoms with Gasteiger partial charge < -0.3 is 9.47 Å². The number of likely N-dealkylation sites (tertiary alicyclic amines) is 1. The number of nitrogens with zero attached hydrogens (tertiary/aromatic N) is 1. The Morgan fingerprint density at radius 3 is 2.95 bits per heavy atom. The number of fused-ring (bicyclic) bond motifs is 1. The smallest absolute Gasteiger partial charge is 0.127 e. The van der Waals surface area contributed by atoms with E-state index in [1.54, 1.807) is 0 Å². The first-order chi connectivity index (χ1) is 10.6. The Bertz CT molecular complexity index is 561. The van der Waals surface area contributed by atoms with E-state index in [2.05, 4.69) is 36.9 Å². The van der Waals surface area contributed by atoms with Crippen LogP contribution in [0.1, 0.15) is 44.2 Å². The highest BCUT2D eigenvalue weighted by Crippen LogP contribution is 2.41. The molecule has 1 spiro atoms. The van der Waals surface area contributed by atoms with Crippen LogP contribution >= 0.6 is 0 Å². The van der Waals surface area contributed by atoms with E-state index in [9.17, 15) is 0 Å². The van der Waals surface area contributed by atoms with Gasteiger partial charge in [0.1, 0.15) is 11.4 Å². The van der Waals surface area contributed by atoms with E-state index in [-0.39, 0.29) is 5.60 Å². The van der Waals surface area contributed by atoms with Crippen LogP contribution in [0.2, 0.25) is 0 Å². The second-order valence-electron chi connectivity index (χ2n) is 8.06. The van der Waals surface area contributed by atoms with E-state index >= 15 is 0 Å². The average molecular weight is 301 g/mol. The molecule has 3 aliphatic rings. The molecule has 1 aromatic carbocycles. The van der Waals surface area contributed by atoms with Crippen molar-refractivity contribution < 1.29 is 9.47 Å². The van der Waals surface area contributed by atoms with Gasteiger partial charge in [-0.15, -0.1) is 0 Å². The van der Waals surface area contributed by atoms with E-state index in [1.165, 1.54) is 43.5 Å². The molecular formula is C19H27NO2. The molecule has 0 saturated carbocycles. The Hall–Kier alpha value is -1.06. The Kier molecular flexibility index (Phi) is 3.46. The van der Waals surface area contributed by atoms with Gasteiger partial charge in [0, 0.05) is 37.1 Å². The van der Waals surface area contributed by atoms with Crippen molar-refractivity contribution in [1.29, 1.82) is 0 Å². The summed E-state index contributed by atoms with van der Waals surface area (Å²) in [4.78, 5) is 2.60. The molecule has 1 unspecified atom stereocenters. The van der Waals surface area contributed by atoms with E-state index in [4.69, 9.17) is 9.47 Å². The van der Waals surface area contributed by atoms with Crippen molar-refractivity contribution in [3.63, 3.8) is 0 Å². The number of benzene rings is 1. The molecule has 2 saturated heterocycles. The van der Waals surface area contributed by atoms with E-state index in [1.807, 2.05) is 0 Å². The molecule has 0 aliphatic carbocycles. The third-order valence-corrected chi connectivity index (χ3v) is 5.49. The van der Waals surface area contributed by atoms with Gasteiger partial charge in [0.2, 0.25) is 0 Å². The van der Waals surface area contributed by atoms with Gasteiger partial charge in [0.15, 0.2) is 0 Å². The topological polar surface area (TPSA) is 21.7 Å². The second kappa shape index (κ2) is 5.24. The van der Waals surface area contributed by atoms with Crippen LogP contribution < -0.4 is 4.74 Å². The fourth-order valence-corrected chi connectivity index (χ4v) is 4.44. The first kappa shape index (κ1) is 14.5. The minimum atomic E-state index is -0.0537. The summed E-state index contributed by atoms with van der Waals surface area (Å²) in [6, 6.07) is 6.64. The summed E-state index contributed by atoms with van der Waals surface area (Å²) in [7, 11) is 0. The standard InChI is InChI=1S/C19H27NO2/c1-18(2)11-15-5-3-6-16(17(15)22-18)12-20-9-8-19(13-20)7-4-10-21-14-19/h3,5-6H,4,7-14H2,1-2H3. The van der Waals surface area contributed by atoms with E-state index in [0.29, 0.717) is 5.41 Å². The molecule has 0 radical (unpaired) electrons. The summed E-state index contributed by atoms with van der Waals surface area (Å²) in [5.41, 5.74) is 3.10. The Balaban J connectivity index is 1.48. The molecule has 3 heteroatoms. The molecule has 3 heterocycles. The summed E-state index contributed by atoms with van der Waals surface area (Å²) in [5, 5.41) is 0. The molecule has 0 amide bonds. The summed E-state index contributed by atoms with van der Waals surface area (Å²) < 4.78 is 12.0. The molecule has 22 heavy (non-hydrogen) atoms. The second-order valence-corrected chi connectivity index (χ2v) is 8.06. The lowest BCUT2D eigenvalue weighted by molar-refractivity contribution is -0.00253. The van der Waals surface area contributed by atoms with Crippen molar-refractivity contribution in [3.05, 3.63) is 29.3 Å². The predicted octanol–water partition coefficient (Wildman–Crippen LogP) is 3.40. The van der Waals surface area contributed by atoms with Crippen molar-refractivity contribution in [3.8, 4) is 5.75 Å². The van der Waals surface area contributed by atoms with Crippen LogP contribution in [0.15, 0.2) is 18.2 Å². The highest BCUT2D eigenvalue weighted by Gasteiger charge is 2.40. The lowest BCUT2D eigenvalue weighted by Crippen LogP contribution is -2.34. The Morgan fingerprint density at radius 1 is 1.23 bits per heavy atom. The highest BCUT2D eigenvalue weighted by atomic mass is 16.5. The summed E-state index contributed by atoms with van der Waals surface area (Å²) in [5.74, 6) is 1.15. The van der Waals surface area contributed by atoms with Gasteiger partial charge in [-0.05, 0) is 45.2 Å². The van der Waals surface area contributed by atoms with Crippen LogP contribution in [-0.2, 0) is 17.7 Å². The van der Waals surface area contributed by atoms with Crippen LogP contribution in [0.3, 0.4) is 0 Å². The summed E-state index contributed by atoms with van der Waals surface area (Å²) in [6.45, 7) is 9.66. The molecule has 120 valence electrons. The molecule has 1 aromatic rings. The van der Waals surface area contributed by atoms with E-state index < -0.39 is 0 Å². The number of rotatable bonds is 2. The van der Waals surface area contributed by atoms with Gasteiger partial charge in [-0.2, -0.15) is 0 Å². The number of hydrogen-bond donors (Lipinski definition) is 0. The monoisotopic (exact) mass is 301 g/mol. The first-order valence-corrected chi connectivity index (χ1v) is 8.65. The van der Waals surface area contributed by atoms with Gasteiger partial charge in [0.05, 0.1) is 6.61 Å². The van der Waals surface area contributed by atoms with Gasteiger partial charge >= 0.3 is 0 Å². The highest BCUT2D eigenvalue weighted by molar-refractivity contribution is 5.45. The largest absolute Gasteiger partial charge is 0.487 e. The van der Waals surface area contributed by atoms with Crippen LogP contribution in [0.4, 0.5) is 0 Å². The number of ether oxygens (including phenoxy) is 2. The van der Waals surface area contributed by atoms with Crippen molar-refractivity contribution in [1.82, 2.24) is 4.90 Å². The van der Waals surface area contributed by atoms with Gasteiger partial charge in [-0.3, -0.25) is 4.90 Å². The molecule has 3 nitrogen and oxygen atoms in total. The zero-order valence-corrected chi connectivity index (χ0v) is 13.9. The molecule has 0 aromatic heterocycles. The Morgan fingerprint density at radius 2 is 2.14 bits per heavy atom. The normalized spacial score (nSPS) is 30.5. The van der Waals surface area contributed by atoms with Crippen molar-refractivity contribution in [2.24, 2.45) is 5.41 Å². The maximum atomic E-state index is 6.22. The first-order valence-electron chi connectivity index (χ1n) is 8.65. The minimum Gasteiger partial charge on any atom is -0.487 e. The third kappa shape index (κ3) is 2.65. The van der Waals surface area contributed by atoms with Gasteiger partial charge in [0.25, 0.3) is 0 Å². The van der Waals surface area contributed by atoms with Crippen LogP contribution in [0.25, 0.3) is 0 Å². The fraction of sp³-hybridized carbons (Fsp3) is 0.684. The number of hydrogen-bond acceptors (Lipinski definition) is 3. The van der Waals surface area contributed by atoms with Gasteiger partial charge in [-0.1, -0.05) is 18.2 Å². The van der Waals surface area contributed by atoms with Crippen LogP contribution in [0, 0.1) is 5.41 Å². The summed E-state index contributed by atoms with van der Waals surface area (Å²) in [6.07, 6.45) is 4.87. The molecule has 1 atom stereocenters. The van der Waals surface area contributed by atoms with Crippen LogP contribution in [0.5, 0.6) is 5.75 Å².